The molecule has 0 bridgehead atoms. The third-order valence-electron chi connectivity index (χ3n) is 8.95. The van der Waals surface area contributed by atoms with Gasteiger partial charge in [0.2, 0.25) is 11.8 Å². The van der Waals surface area contributed by atoms with Gasteiger partial charge in [-0.15, -0.1) is 0 Å². The van der Waals surface area contributed by atoms with Gasteiger partial charge in [0.25, 0.3) is 5.91 Å². The first-order chi connectivity index (χ1) is 22.1. The number of nitrogens with one attached hydrogen (secondary N) is 2. The molecule has 2 fully saturated rings. The zero-order valence-electron chi connectivity index (χ0n) is 26.1. The summed E-state index contributed by atoms with van der Waals surface area (Å²) >= 11 is 0. The molecule has 6 rings (SSSR count). The second-order valence-corrected chi connectivity index (χ2v) is 12.6. The van der Waals surface area contributed by atoms with Gasteiger partial charge >= 0.3 is 0 Å². The van der Waals surface area contributed by atoms with Crippen molar-refractivity contribution in [3.8, 4) is 0 Å². The SMILES string of the molecule is C[C@H](NC(=O)[C@@H]1C[C@@H](F)CN1C(=O)CNC(=O)c1ccc2cc(F)ccc2n1)c1cc(C2=CCCN(C)C2)ccc1/C=C/C1CC1. The number of hydrogen-bond acceptors (Lipinski definition) is 5. The number of pyridine rings is 1. The van der Waals surface area contributed by atoms with E-state index in [0.29, 0.717) is 16.8 Å². The summed E-state index contributed by atoms with van der Waals surface area (Å²) in [5.74, 6) is -1.42. The second-order valence-electron chi connectivity index (χ2n) is 12.6. The van der Waals surface area contributed by atoms with Gasteiger partial charge in [-0.2, -0.15) is 0 Å². The van der Waals surface area contributed by atoms with Crippen molar-refractivity contribution in [3.05, 3.63) is 88.9 Å². The van der Waals surface area contributed by atoms with Crippen LogP contribution >= 0.6 is 0 Å². The van der Waals surface area contributed by atoms with E-state index in [2.05, 4.69) is 64.0 Å². The Morgan fingerprint density at radius 3 is 2.72 bits per heavy atom. The Morgan fingerprint density at radius 2 is 1.93 bits per heavy atom. The van der Waals surface area contributed by atoms with Gasteiger partial charge in [0.1, 0.15) is 23.7 Å². The molecule has 3 aliphatic rings. The fourth-order valence-corrected chi connectivity index (χ4v) is 6.20. The van der Waals surface area contributed by atoms with E-state index in [9.17, 15) is 23.2 Å². The Balaban J connectivity index is 1.13. The third kappa shape index (κ3) is 7.33. The van der Waals surface area contributed by atoms with E-state index in [0.717, 1.165) is 36.2 Å². The molecule has 10 heteroatoms. The van der Waals surface area contributed by atoms with Crippen molar-refractivity contribution in [1.82, 2.24) is 25.4 Å². The van der Waals surface area contributed by atoms with Gasteiger partial charge in [-0.25, -0.2) is 13.8 Å². The molecule has 2 N–H and O–H groups in total. The van der Waals surface area contributed by atoms with Gasteiger partial charge in [0, 0.05) is 24.9 Å². The quantitative estimate of drug-likeness (QED) is 0.346. The van der Waals surface area contributed by atoms with Gasteiger partial charge in [0.05, 0.1) is 24.6 Å². The predicted molar refractivity (Wildman–Crippen MR) is 174 cm³/mol. The number of carbonyl (C=O) groups excluding carboxylic acids is 3. The molecule has 3 amide bonds. The minimum Gasteiger partial charge on any atom is -0.348 e. The highest BCUT2D eigenvalue weighted by Gasteiger charge is 2.40. The van der Waals surface area contributed by atoms with E-state index in [1.807, 2.05) is 6.92 Å². The largest absolute Gasteiger partial charge is 0.348 e. The van der Waals surface area contributed by atoms with E-state index < -0.39 is 48.3 Å². The molecule has 2 aliphatic heterocycles. The topological polar surface area (TPSA) is 94.6 Å². The number of likely N-dealkylation sites (N-methyl/N-ethyl adjacent to an activating group) is 1. The van der Waals surface area contributed by atoms with Crippen LogP contribution in [0.4, 0.5) is 8.78 Å². The number of benzene rings is 2. The number of carbonyl (C=O) groups is 3. The maximum Gasteiger partial charge on any atom is 0.270 e. The Bertz CT molecular complexity index is 1720. The first-order valence-electron chi connectivity index (χ1n) is 15.9. The molecule has 3 heterocycles. The van der Waals surface area contributed by atoms with Crippen molar-refractivity contribution in [3.63, 3.8) is 0 Å². The monoisotopic (exact) mass is 627 g/mol. The molecule has 0 spiro atoms. The van der Waals surface area contributed by atoms with E-state index in [4.69, 9.17) is 0 Å². The molecule has 1 saturated carbocycles. The van der Waals surface area contributed by atoms with E-state index in [1.165, 1.54) is 47.6 Å². The number of halogens is 2. The van der Waals surface area contributed by atoms with Crippen LogP contribution < -0.4 is 10.6 Å². The van der Waals surface area contributed by atoms with Gasteiger partial charge in [-0.05, 0) is 91.7 Å². The van der Waals surface area contributed by atoms with Crippen LogP contribution in [0.5, 0.6) is 0 Å². The number of nitrogens with zero attached hydrogens (tertiary/aromatic N) is 3. The smallest absolute Gasteiger partial charge is 0.270 e. The van der Waals surface area contributed by atoms with Crippen LogP contribution in [0, 0.1) is 11.7 Å². The number of rotatable bonds is 9. The lowest BCUT2D eigenvalue weighted by Crippen LogP contribution is -2.49. The van der Waals surface area contributed by atoms with Crippen molar-refractivity contribution in [1.29, 1.82) is 0 Å². The van der Waals surface area contributed by atoms with Gasteiger partial charge in [0.15, 0.2) is 0 Å². The van der Waals surface area contributed by atoms with Crippen LogP contribution in [0.3, 0.4) is 0 Å². The fraction of sp³-hybridized carbons (Fsp3) is 0.389. The average molecular weight is 628 g/mol. The first-order valence-corrected chi connectivity index (χ1v) is 15.9. The molecule has 0 radical (unpaired) electrons. The highest BCUT2D eigenvalue weighted by molar-refractivity contribution is 5.97. The zero-order valence-corrected chi connectivity index (χ0v) is 26.1. The number of alkyl halides is 1. The van der Waals surface area contributed by atoms with Crippen molar-refractivity contribution >= 4 is 40.3 Å². The number of fused-ring (bicyclic) bond motifs is 1. The van der Waals surface area contributed by atoms with Crippen LogP contribution in [0.15, 0.2) is 60.7 Å². The number of amides is 3. The van der Waals surface area contributed by atoms with Crippen molar-refractivity contribution in [2.75, 3.05) is 33.2 Å². The average Bonchev–Trinajstić information content (AvgIpc) is 3.80. The lowest BCUT2D eigenvalue weighted by atomic mass is 9.93. The first kappa shape index (κ1) is 31.5. The Hall–Kier alpha value is -4.44. The van der Waals surface area contributed by atoms with E-state index in [1.54, 1.807) is 6.07 Å². The van der Waals surface area contributed by atoms with E-state index in [-0.39, 0.29) is 18.7 Å². The molecule has 2 aromatic carbocycles. The summed E-state index contributed by atoms with van der Waals surface area (Å²) in [6, 6.07) is 12.0. The van der Waals surface area contributed by atoms with E-state index >= 15 is 0 Å². The van der Waals surface area contributed by atoms with Crippen molar-refractivity contribution in [2.45, 2.75) is 50.9 Å². The van der Waals surface area contributed by atoms with Gasteiger partial charge in [-0.3, -0.25) is 14.4 Å². The summed E-state index contributed by atoms with van der Waals surface area (Å²) in [7, 11) is 2.10. The molecule has 240 valence electrons. The van der Waals surface area contributed by atoms with Crippen molar-refractivity contribution in [2.24, 2.45) is 5.92 Å². The molecule has 1 aliphatic carbocycles. The van der Waals surface area contributed by atoms with Gasteiger partial charge in [-0.1, -0.05) is 36.4 Å². The van der Waals surface area contributed by atoms with Crippen LogP contribution in [0.2, 0.25) is 0 Å². The number of allylic oxidation sites excluding steroid dienone is 1. The molecule has 3 aromatic rings. The lowest BCUT2D eigenvalue weighted by molar-refractivity contribution is -0.138. The standard InChI is InChI=1S/C36H39F2N5O3/c1-22(30-17-25(27-4-3-15-42(2)20-27)10-9-24(30)8-7-23-5-6-23)40-36(46)33-18-29(38)21-43(33)34(44)19-39-35(45)32-13-11-26-16-28(37)12-14-31(26)41-32/h4,7-14,16-17,22-23,29,33H,3,5-6,15,18-21H2,1-2H3,(H,39,45)(H,40,46)/b8-7+/t22-,29+,33-/m0/s1. The van der Waals surface area contributed by atoms with Gasteiger partial charge < -0.3 is 20.4 Å². The Labute approximate surface area is 267 Å². The molecule has 8 nitrogen and oxygen atoms in total. The molecular formula is C36H39F2N5O3. The molecule has 3 atom stereocenters. The summed E-state index contributed by atoms with van der Waals surface area (Å²) < 4.78 is 28.2. The third-order valence-corrected chi connectivity index (χ3v) is 8.95. The summed E-state index contributed by atoms with van der Waals surface area (Å²) in [4.78, 5) is 47.3. The molecular weight excluding hydrogens is 588 g/mol. The lowest BCUT2D eigenvalue weighted by Gasteiger charge is -2.27. The maximum absolute atomic E-state index is 14.7. The summed E-state index contributed by atoms with van der Waals surface area (Å²) in [5.41, 5.74) is 4.83. The molecule has 1 aromatic heterocycles. The summed E-state index contributed by atoms with van der Waals surface area (Å²) in [6.45, 7) is 3.13. The predicted octanol–water partition coefficient (Wildman–Crippen LogP) is 5.06. The Kier molecular flexibility index (Phi) is 9.26. The Morgan fingerprint density at radius 1 is 1.11 bits per heavy atom. The number of likely N-dealkylation sites (tertiary alicyclic amines) is 1. The highest BCUT2D eigenvalue weighted by Crippen LogP contribution is 2.33. The van der Waals surface area contributed by atoms with Crippen LogP contribution in [0.1, 0.15) is 65.8 Å². The molecule has 46 heavy (non-hydrogen) atoms. The van der Waals surface area contributed by atoms with Crippen LogP contribution in [-0.4, -0.2) is 77.9 Å². The van der Waals surface area contributed by atoms with Crippen LogP contribution in [0.25, 0.3) is 22.6 Å². The minimum absolute atomic E-state index is 0.0595. The summed E-state index contributed by atoms with van der Waals surface area (Å²) in [5, 5.41) is 6.12. The zero-order chi connectivity index (χ0) is 32.4. The summed E-state index contributed by atoms with van der Waals surface area (Å²) in [6.07, 6.45) is 8.48. The van der Waals surface area contributed by atoms with Crippen LogP contribution in [-0.2, 0) is 9.59 Å². The second kappa shape index (κ2) is 13.5. The molecule has 0 unspecified atom stereocenters. The fourth-order valence-electron chi connectivity index (χ4n) is 6.20. The molecule has 1 saturated heterocycles. The minimum atomic E-state index is -1.36. The highest BCUT2D eigenvalue weighted by atomic mass is 19.1. The van der Waals surface area contributed by atoms with Crippen molar-refractivity contribution < 1.29 is 23.2 Å². The number of aromatic nitrogens is 1. The maximum atomic E-state index is 14.7. The normalized spacial score (nSPS) is 21.0. The number of hydrogen-bond donors (Lipinski definition) is 2.